The Morgan fingerprint density at radius 2 is 2.19 bits per heavy atom. The van der Waals surface area contributed by atoms with Crippen LogP contribution in [0, 0.1) is 0 Å². The summed E-state index contributed by atoms with van der Waals surface area (Å²) in [6.45, 7) is -0.384. The van der Waals surface area contributed by atoms with Gasteiger partial charge in [0, 0.05) is 10.9 Å². The molecular weight excluding hydrogens is 327 g/mol. The predicted octanol–water partition coefficient (Wildman–Crippen LogP) is 3.09. The average Bonchev–Trinajstić information content (AvgIpc) is 3.10. The van der Waals surface area contributed by atoms with Gasteiger partial charge >= 0.3 is 11.0 Å². The molecule has 0 aromatic carbocycles. The zero-order valence-corrected chi connectivity index (χ0v) is 11.8. The summed E-state index contributed by atoms with van der Waals surface area (Å²) in [5.41, 5.74) is 0.392. The third-order valence-corrected chi connectivity index (χ3v) is 4.15. The van der Waals surface area contributed by atoms with Crippen molar-refractivity contribution < 1.29 is 17.6 Å². The summed E-state index contributed by atoms with van der Waals surface area (Å²) in [7, 11) is 0. The van der Waals surface area contributed by atoms with Crippen LogP contribution in [0.3, 0.4) is 0 Å². The Hall–Kier alpha value is -1.94. The molecular formula is C11H6F3N3O2S2. The molecule has 0 spiro atoms. The van der Waals surface area contributed by atoms with Gasteiger partial charge in [0.25, 0.3) is 0 Å². The van der Waals surface area contributed by atoms with Crippen LogP contribution in [0.5, 0.6) is 0 Å². The van der Waals surface area contributed by atoms with Crippen molar-refractivity contribution in [2.24, 2.45) is 0 Å². The Kier molecular flexibility index (Phi) is 3.41. The lowest BCUT2D eigenvalue weighted by molar-refractivity contribution is -0.153. The molecule has 0 radical (unpaired) electrons. The van der Waals surface area contributed by atoms with Gasteiger partial charge in [0.2, 0.25) is 5.76 Å². The molecule has 5 nitrogen and oxygen atoms in total. The third kappa shape index (κ3) is 2.76. The highest BCUT2D eigenvalue weighted by molar-refractivity contribution is 7.13. The van der Waals surface area contributed by atoms with Gasteiger partial charge in [-0.3, -0.25) is 4.79 Å². The predicted molar refractivity (Wildman–Crippen MR) is 70.3 cm³/mol. The molecule has 0 saturated heterocycles. The number of thiophene rings is 1. The molecule has 3 rings (SSSR count). The number of oxazole rings is 1. The van der Waals surface area contributed by atoms with E-state index in [1.54, 1.807) is 11.4 Å². The summed E-state index contributed by atoms with van der Waals surface area (Å²) in [5, 5.41) is 8.12. The maximum Gasteiger partial charge on any atom is 0.451 e. The van der Waals surface area contributed by atoms with E-state index in [-0.39, 0.29) is 12.2 Å². The van der Waals surface area contributed by atoms with Crippen LogP contribution in [0.2, 0.25) is 0 Å². The number of hydrogen-bond acceptors (Lipinski definition) is 6. The maximum atomic E-state index is 12.7. The number of hydrogen-bond donors (Lipinski definition) is 0. The summed E-state index contributed by atoms with van der Waals surface area (Å²) < 4.78 is 43.3. The quantitative estimate of drug-likeness (QED) is 0.739. The minimum Gasteiger partial charge on any atom is -0.439 e. The topological polar surface area (TPSA) is 60.9 Å². The molecule has 10 heteroatoms. The first-order chi connectivity index (χ1) is 9.95. The van der Waals surface area contributed by atoms with Gasteiger partial charge in [-0.1, -0.05) is 11.3 Å². The minimum absolute atomic E-state index is 0.369. The Labute approximate surface area is 123 Å². The molecule has 0 fully saturated rings. The van der Waals surface area contributed by atoms with Crippen molar-refractivity contribution in [2.75, 3.05) is 0 Å². The van der Waals surface area contributed by atoms with Crippen LogP contribution in [-0.2, 0) is 12.7 Å². The summed E-state index contributed by atoms with van der Waals surface area (Å²) >= 11 is 2.31. The van der Waals surface area contributed by atoms with Crippen molar-refractivity contribution in [3.8, 4) is 10.6 Å². The van der Waals surface area contributed by atoms with E-state index in [4.69, 9.17) is 0 Å². The second-order valence-electron chi connectivity index (χ2n) is 3.97. The zero-order chi connectivity index (χ0) is 15.0. The van der Waals surface area contributed by atoms with E-state index >= 15 is 0 Å². The largest absolute Gasteiger partial charge is 0.451 e. The van der Waals surface area contributed by atoms with Crippen molar-refractivity contribution in [3.05, 3.63) is 44.3 Å². The first kappa shape index (κ1) is 14.0. The molecule has 0 bridgehead atoms. The molecule has 21 heavy (non-hydrogen) atoms. The van der Waals surface area contributed by atoms with Gasteiger partial charge in [-0.2, -0.15) is 29.6 Å². The van der Waals surface area contributed by atoms with Crippen LogP contribution in [0.25, 0.3) is 10.6 Å². The monoisotopic (exact) mass is 333 g/mol. The normalized spacial score (nSPS) is 12.0. The second kappa shape index (κ2) is 5.11. The highest BCUT2D eigenvalue weighted by Gasteiger charge is 2.38. The van der Waals surface area contributed by atoms with Crippen molar-refractivity contribution in [3.63, 3.8) is 0 Å². The molecule has 0 aliphatic carbocycles. The second-order valence-corrected chi connectivity index (χ2v) is 5.69. The Morgan fingerprint density at radius 1 is 1.38 bits per heavy atom. The molecule has 0 N–H and O–H groups in total. The first-order valence-electron chi connectivity index (χ1n) is 5.55. The lowest BCUT2D eigenvalue weighted by Crippen LogP contribution is -2.18. The number of aromatic nitrogens is 3. The molecule has 0 aliphatic heterocycles. The number of rotatable bonds is 3. The lowest BCUT2D eigenvalue weighted by atomic mass is 10.3. The number of halogens is 3. The van der Waals surface area contributed by atoms with Gasteiger partial charge in [0.1, 0.15) is 10.7 Å². The Morgan fingerprint density at radius 3 is 2.86 bits per heavy atom. The van der Waals surface area contributed by atoms with Gasteiger partial charge in [0.05, 0.1) is 6.54 Å². The molecule has 0 unspecified atom stereocenters. The molecule has 0 aliphatic rings. The summed E-state index contributed by atoms with van der Waals surface area (Å²) in [5.74, 6) is -1.21. The van der Waals surface area contributed by atoms with E-state index in [0.29, 0.717) is 11.4 Å². The van der Waals surface area contributed by atoms with Crippen molar-refractivity contribution in [1.29, 1.82) is 0 Å². The highest BCUT2D eigenvalue weighted by Crippen LogP contribution is 2.31. The average molecular weight is 333 g/mol. The zero-order valence-electron chi connectivity index (χ0n) is 10.1. The SMILES string of the molecule is O=c1sc(-c2ccsc2)nn1Cc1ncoc1C(F)(F)F. The van der Waals surface area contributed by atoms with Crippen LogP contribution in [0.1, 0.15) is 11.5 Å². The van der Waals surface area contributed by atoms with Gasteiger partial charge in [0.15, 0.2) is 6.39 Å². The van der Waals surface area contributed by atoms with Gasteiger partial charge < -0.3 is 4.42 Å². The summed E-state index contributed by atoms with van der Waals surface area (Å²) in [6, 6.07) is 1.78. The fraction of sp³-hybridized carbons (Fsp3) is 0.182. The Balaban J connectivity index is 1.93. The molecule has 0 atom stereocenters. The fourth-order valence-corrected chi connectivity index (χ4v) is 3.14. The van der Waals surface area contributed by atoms with Gasteiger partial charge in [-0.25, -0.2) is 9.67 Å². The Bertz CT molecular complexity index is 801. The van der Waals surface area contributed by atoms with Crippen LogP contribution in [0.15, 0.2) is 32.4 Å². The fourth-order valence-electron chi connectivity index (χ4n) is 1.66. The van der Waals surface area contributed by atoms with Crippen LogP contribution in [0.4, 0.5) is 13.2 Å². The van der Waals surface area contributed by atoms with Crippen molar-refractivity contribution in [2.45, 2.75) is 12.7 Å². The van der Waals surface area contributed by atoms with E-state index in [1.165, 1.54) is 11.3 Å². The third-order valence-electron chi connectivity index (χ3n) is 2.57. The number of nitrogens with zero attached hydrogens (tertiary/aromatic N) is 3. The standard InChI is InChI=1S/C11H6F3N3O2S2/c12-11(13,14)8-7(15-5-19-8)3-17-10(18)21-9(16-17)6-1-2-20-4-6/h1-2,4-5H,3H2. The molecule has 0 saturated carbocycles. The molecule has 3 aromatic heterocycles. The van der Waals surface area contributed by atoms with E-state index in [2.05, 4.69) is 14.5 Å². The van der Waals surface area contributed by atoms with Gasteiger partial charge in [-0.05, 0) is 11.4 Å². The van der Waals surface area contributed by atoms with Gasteiger partial charge in [-0.15, -0.1) is 0 Å². The lowest BCUT2D eigenvalue weighted by Gasteiger charge is -2.04. The molecule has 110 valence electrons. The molecule has 3 aromatic rings. The summed E-state index contributed by atoms with van der Waals surface area (Å²) in [4.78, 5) is 14.9. The van der Waals surface area contributed by atoms with E-state index in [9.17, 15) is 18.0 Å². The first-order valence-corrected chi connectivity index (χ1v) is 7.31. The van der Waals surface area contributed by atoms with Crippen LogP contribution >= 0.6 is 22.7 Å². The minimum atomic E-state index is -4.65. The molecule has 0 amide bonds. The number of alkyl halides is 3. The summed E-state index contributed by atoms with van der Waals surface area (Å²) in [6.07, 6.45) is -3.95. The van der Waals surface area contributed by atoms with Crippen molar-refractivity contribution in [1.82, 2.24) is 14.8 Å². The van der Waals surface area contributed by atoms with E-state index in [1.807, 2.05) is 5.38 Å². The highest BCUT2D eigenvalue weighted by atomic mass is 32.1. The smallest absolute Gasteiger partial charge is 0.439 e. The molecule has 3 heterocycles. The van der Waals surface area contributed by atoms with E-state index in [0.717, 1.165) is 21.6 Å². The van der Waals surface area contributed by atoms with Crippen LogP contribution in [-0.4, -0.2) is 14.8 Å². The van der Waals surface area contributed by atoms with E-state index < -0.39 is 16.8 Å². The van der Waals surface area contributed by atoms with Crippen LogP contribution < -0.4 is 4.87 Å². The van der Waals surface area contributed by atoms with Crippen molar-refractivity contribution >= 4 is 22.7 Å². The maximum absolute atomic E-state index is 12.7.